The molecule has 1 aromatic heterocycles. The Hall–Kier alpha value is -1.92. The minimum Gasteiger partial charge on any atom is -0.349 e. The number of hydrogen-bond acceptors (Lipinski definition) is 4. The summed E-state index contributed by atoms with van der Waals surface area (Å²) in [5.41, 5.74) is -0.384. The number of para-hydroxylation sites is 1. The predicted octanol–water partition coefficient (Wildman–Crippen LogP) is 3.67. The van der Waals surface area contributed by atoms with Crippen molar-refractivity contribution in [3.05, 3.63) is 61.3 Å². The zero-order valence-corrected chi connectivity index (χ0v) is 12.8. The number of nitro benzene ring substituents is 1. The topological polar surface area (TPSA) is 72.2 Å². The smallest absolute Gasteiger partial charge is 0.300 e. The van der Waals surface area contributed by atoms with Crippen LogP contribution in [0.4, 0.5) is 5.69 Å². The molecule has 1 aromatic carbocycles. The molecule has 0 aliphatic rings. The van der Waals surface area contributed by atoms with E-state index in [-0.39, 0.29) is 22.3 Å². The van der Waals surface area contributed by atoms with Gasteiger partial charge in [-0.1, -0.05) is 23.7 Å². The van der Waals surface area contributed by atoms with Crippen molar-refractivity contribution in [3.8, 4) is 0 Å². The van der Waals surface area contributed by atoms with E-state index >= 15 is 0 Å². The third-order valence-corrected chi connectivity index (χ3v) is 4.08. The van der Waals surface area contributed by atoms with Crippen molar-refractivity contribution < 1.29 is 9.72 Å². The van der Waals surface area contributed by atoms with E-state index in [1.807, 2.05) is 24.4 Å². The van der Waals surface area contributed by atoms with Gasteiger partial charge >= 0.3 is 5.69 Å². The lowest BCUT2D eigenvalue weighted by Gasteiger charge is -2.13. The maximum absolute atomic E-state index is 12.2. The first kappa shape index (κ1) is 15.5. The molecule has 2 aromatic rings. The predicted molar refractivity (Wildman–Crippen MR) is 83.1 cm³/mol. The van der Waals surface area contributed by atoms with E-state index in [0.29, 0.717) is 6.42 Å². The van der Waals surface area contributed by atoms with Gasteiger partial charge in [0.05, 0.1) is 4.92 Å². The second-order valence-electron chi connectivity index (χ2n) is 4.55. The third kappa shape index (κ3) is 3.80. The standard InChI is InChI=1S/C14H13ClN2O3S/c1-9(8-10-4-3-7-21-10)16-14(18)11-5-2-6-12(15)13(11)17(19)20/h2-7,9H,8H2,1H3,(H,16,18). The van der Waals surface area contributed by atoms with Crippen LogP contribution in [0, 0.1) is 10.1 Å². The zero-order chi connectivity index (χ0) is 15.4. The molecular weight excluding hydrogens is 312 g/mol. The van der Waals surface area contributed by atoms with Gasteiger partial charge in [-0.25, -0.2) is 0 Å². The average Bonchev–Trinajstić information content (AvgIpc) is 2.90. The summed E-state index contributed by atoms with van der Waals surface area (Å²) in [6.45, 7) is 1.86. The highest BCUT2D eigenvalue weighted by atomic mass is 35.5. The van der Waals surface area contributed by atoms with Crippen molar-refractivity contribution >= 4 is 34.5 Å². The zero-order valence-electron chi connectivity index (χ0n) is 11.2. The molecule has 5 nitrogen and oxygen atoms in total. The quantitative estimate of drug-likeness (QED) is 0.673. The Morgan fingerprint density at radius 3 is 2.81 bits per heavy atom. The second kappa shape index (κ2) is 6.69. The van der Waals surface area contributed by atoms with Crippen LogP contribution in [0.25, 0.3) is 0 Å². The molecule has 0 bridgehead atoms. The van der Waals surface area contributed by atoms with E-state index in [9.17, 15) is 14.9 Å². The molecule has 1 N–H and O–H groups in total. The molecule has 1 amide bonds. The number of thiophene rings is 1. The van der Waals surface area contributed by atoms with Crippen LogP contribution in [0.5, 0.6) is 0 Å². The van der Waals surface area contributed by atoms with E-state index in [4.69, 9.17) is 11.6 Å². The molecule has 0 spiro atoms. The van der Waals surface area contributed by atoms with E-state index in [1.165, 1.54) is 18.2 Å². The number of nitrogens with one attached hydrogen (secondary N) is 1. The second-order valence-corrected chi connectivity index (χ2v) is 5.99. The molecule has 0 aliphatic carbocycles. The molecule has 0 radical (unpaired) electrons. The molecular formula is C14H13ClN2O3S. The number of nitro groups is 1. The van der Waals surface area contributed by atoms with Crippen LogP contribution in [-0.2, 0) is 6.42 Å². The third-order valence-electron chi connectivity index (χ3n) is 2.88. The number of rotatable bonds is 5. The van der Waals surface area contributed by atoms with Crippen LogP contribution in [0.2, 0.25) is 5.02 Å². The Morgan fingerprint density at radius 2 is 2.19 bits per heavy atom. The van der Waals surface area contributed by atoms with Gasteiger partial charge in [-0.05, 0) is 30.5 Å². The van der Waals surface area contributed by atoms with Crippen LogP contribution in [0.3, 0.4) is 0 Å². The first-order valence-corrected chi connectivity index (χ1v) is 7.51. The van der Waals surface area contributed by atoms with Crippen molar-refractivity contribution in [3.63, 3.8) is 0 Å². The van der Waals surface area contributed by atoms with Crippen LogP contribution >= 0.6 is 22.9 Å². The van der Waals surface area contributed by atoms with Crippen molar-refractivity contribution in [2.24, 2.45) is 0 Å². The highest BCUT2D eigenvalue weighted by molar-refractivity contribution is 7.09. The van der Waals surface area contributed by atoms with E-state index in [1.54, 1.807) is 11.3 Å². The van der Waals surface area contributed by atoms with Crippen molar-refractivity contribution in [2.45, 2.75) is 19.4 Å². The Kier molecular flexibility index (Phi) is 4.93. The Bertz CT molecular complexity index is 658. The normalized spacial score (nSPS) is 11.9. The monoisotopic (exact) mass is 324 g/mol. The Balaban J connectivity index is 2.13. The first-order valence-electron chi connectivity index (χ1n) is 6.25. The van der Waals surface area contributed by atoms with E-state index in [0.717, 1.165) is 4.88 Å². The molecule has 2 rings (SSSR count). The SMILES string of the molecule is CC(Cc1cccs1)NC(=O)c1cccc(Cl)c1[N+](=O)[O-]. The van der Waals surface area contributed by atoms with Gasteiger partial charge in [0.15, 0.2) is 0 Å². The summed E-state index contributed by atoms with van der Waals surface area (Å²) in [5, 5.41) is 15.7. The molecule has 7 heteroatoms. The molecule has 1 heterocycles. The van der Waals surface area contributed by atoms with Crippen LogP contribution in [0.1, 0.15) is 22.2 Å². The summed E-state index contributed by atoms with van der Waals surface area (Å²) in [4.78, 5) is 23.7. The lowest BCUT2D eigenvalue weighted by molar-refractivity contribution is -0.385. The van der Waals surface area contributed by atoms with E-state index < -0.39 is 10.8 Å². The highest BCUT2D eigenvalue weighted by Crippen LogP contribution is 2.28. The number of benzene rings is 1. The number of nitrogens with zero attached hydrogens (tertiary/aromatic N) is 1. The summed E-state index contributed by atoms with van der Waals surface area (Å²) < 4.78 is 0. The molecule has 1 atom stereocenters. The van der Waals surface area contributed by atoms with Gasteiger partial charge in [-0.2, -0.15) is 0 Å². The number of carbonyl (C=O) groups is 1. The molecule has 0 saturated carbocycles. The lowest BCUT2D eigenvalue weighted by Crippen LogP contribution is -2.34. The highest BCUT2D eigenvalue weighted by Gasteiger charge is 2.24. The van der Waals surface area contributed by atoms with Gasteiger partial charge in [-0.15, -0.1) is 11.3 Å². The molecule has 0 fully saturated rings. The van der Waals surface area contributed by atoms with Gasteiger partial charge in [0.1, 0.15) is 10.6 Å². The number of carbonyl (C=O) groups excluding carboxylic acids is 1. The number of halogens is 1. The largest absolute Gasteiger partial charge is 0.349 e. The molecule has 110 valence electrons. The van der Waals surface area contributed by atoms with Crippen LogP contribution in [-0.4, -0.2) is 16.9 Å². The molecule has 0 aliphatic heterocycles. The summed E-state index contributed by atoms with van der Waals surface area (Å²) in [7, 11) is 0. The van der Waals surface area contributed by atoms with Gasteiger partial charge in [0.2, 0.25) is 0 Å². The maximum atomic E-state index is 12.2. The minimum absolute atomic E-state index is 0.0227. The summed E-state index contributed by atoms with van der Waals surface area (Å²) in [6.07, 6.45) is 0.678. The van der Waals surface area contributed by atoms with Crippen molar-refractivity contribution in [1.82, 2.24) is 5.32 Å². The van der Waals surface area contributed by atoms with Gasteiger partial charge in [-0.3, -0.25) is 14.9 Å². The maximum Gasteiger partial charge on any atom is 0.300 e. The Labute approximate surface area is 130 Å². The van der Waals surface area contributed by atoms with Crippen LogP contribution < -0.4 is 5.32 Å². The van der Waals surface area contributed by atoms with E-state index in [2.05, 4.69) is 5.32 Å². The van der Waals surface area contributed by atoms with Gasteiger partial charge in [0.25, 0.3) is 5.91 Å². The Morgan fingerprint density at radius 1 is 1.43 bits per heavy atom. The van der Waals surface area contributed by atoms with Gasteiger partial charge < -0.3 is 5.32 Å². The summed E-state index contributed by atoms with van der Waals surface area (Å²) in [6, 6.07) is 8.11. The minimum atomic E-state index is -0.638. The molecule has 0 saturated heterocycles. The van der Waals surface area contributed by atoms with Crippen molar-refractivity contribution in [1.29, 1.82) is 0 Å². The fourth-order valence-electron chi connectivity index (χ4n) is 1.97. The van der Waals surface area contributed by atoms with Gasteiger partial charge in [0, 0.05) is 17.3 Å². The fourth-order valence-corrected chi connectivity index (χ4v) is 3.05. The fraction of sp³-hybridized carbons (Fsp3) is 0.214. The lowest BCUT2D eigenvalue weighted by atomic mass is 10.1. The number of hydrogen-bond donors (Lipinski definition) is 1. The summed E-state index contributed by atoms with van der Waals surface area (Å²) >= 11 is 7.40. The molecule has 1 unspecified atom stereocenters. The number of amides is 1. The van der Waals surface area contributed by atoms with Crippen LogP contribution in [0.15, 0.2) is 35.7 Å². The van der Waals surface area contributed by atoms with Crippen molar-refractivity contribution in [2.75, 3.05) is 0 Å². The first-order chi connectivity index (χ1) is 9.99. The molecule has 21 heavy (non-hydrogen) atoms. The summed E-state index contributed by atoms with van der Waals surface area (Å²) in [5.74, 6) is -0.492. The average molecular weight is 325 g/mol.